The first-order chi connectivity index (χ1) is 15.5. The molecule has 12 atom stereocenters. The van der Waals surface area contributed by atoms with Crippen LogP contribution in [0.15, 0.2) is 0 Å². The normalized spacial score (nSPS) is 48.8. The zero-order chi connectivity index (χ0) is 24.1. The van der Waals surface area contributed by atoms with Crippen LogP contribution in [0.3, 0.4) is 0 Å². The van der Waals surface area contributed by atoms with E-state index in [2.05, 4.69) is 20.8 Å². The van der Waals surface area contributed by atoms with Crippen molar-refractivity contribution in [2.24, 2.45) is 52.3 Å². The van der Waals surface area contributed by atoms with E-state index in [9.17, 15) is 20.1 Å². The van der Waals surface area contributed by atoms with E-state index in [1.54, 1.807) is 0 Å². The van der Waals surface area contributed by atoms with E-state index in [4.69, 9.17) is 4.74 Å². The molecule has 0 saturated heterocycles. The monoisotopic (exact) mass is 464 g/mol. The summed E-state index contributed by atoms with van der Waals surface area (Å²) < 4.78 is 4.87. The van der Waals surface area contributed by atoms with Crippen LogP contribution in [0.4, 0.5) is 0 Å². The Morgan fingerprint density at radius 2 is 1.73 bits per heavy atom. The molecule has 4 aliphatic carbocycles. The maximum atomic E-state index is 11.7. The van der Waals surface area contributed by atoms with E-state index in [1.807, 2.05) is 6.92 Å². The van der Waals surface area contributed by atoms with Crippen molar-refractivity contribution < 1.29 is 24.9 Å². The number of carbonyl (C=O) groups is 1. The minimum absolute atomic E-state index is 0.0600. The summed E-state index contributed by atoms with van der Waals surface area (Å²) in [5, 5.41) is 33.3. The van der Waals surface area contributed by atoms with Crippen molar-refractivity contribution in [2.45, 2.75) is 110 Å². The summed E-state index contributed by atoms with van der Waals surface area (Å²) >= 11 is 0. The fourth-order valence-corrected chi connectivity index (χ4v) is 9.40. The average Bonchev–Trinajstić information content (AvgIpc) is 3.13. The van der Waals surface area contributed by atoms with Crippen molar-refractivity contribution in [3.8, 4) is 0 Å². The molecule has 0 radical (unpaired) electrons. The second-order valence-electron chi connectivity index (χ2n) is 12.9. The number of ether oxygens (including phenoxy) is 1. The lowest BCUT2D eigenvalue weighted by Crippen LogP contribution is -2.62. The lowest BCUT2D eigenvalue weighted by Gasteiger charge is -2.63. The van der Waals surface area contributed by atoms with Gasteiger partial charge in [0.05, 0.1) is 31.3 Å². The van der Waals surface area contributed by atoms with Gasteiger partial charge in [-0.25, -0.2) is 0 Å². The Morgan fingerprint density at radius 3 is 2.42 bits per heavy atom. The van der Waals surface area contributed by atoms with Crippen LogP contribution in [0, 0.1) is 52.3 Å². The van der Waals surface area contributed by atoms with Crippen LogP contribution < -0.4 is 0 Å². The van der Waals surface area contributed by atoms with Gasteiger partial charge < -0.3 is 20.1 Å². The van der Waals surface area contributed by atoms with E-state index in [1.165, 1.54) is 7.11 Å². The smallest absolute Gasteiger partial charge is 0.308 e. The molecule has 3 N–H and O–H groups in total. The minimum Gasteiger partial charge on any atom is -0.469 e. The number of methoxy groups -OCH3 is 1. The SMILES string of the molecule is COC(=O)C(C)CCCC(C)C1CCC2C3C(O)CC4CC(O)CCC4(C)C3CC(O)C12C. The van der Waals surface area contributed by atoms with Crippen molar-refractivity contribution >= 4 is 5.97 Å². The third-order valence-electron chi connectivity index (χ3n) is 11.4. The Morgan fingerprint density at radius 1 is 1.00 bits per heavy atom. The van der Waals surface area contributed by atoms with Gasteiger partial charge in [0.1, 0.15) is 0 Å². The van der Waals surface area contributed by atoms with Gasteiger partial charge in [-0.05, 0) is 97.7 Å². The summed E-state index contributed by atoms with van der Waals surface area (Å²) in [7, 11) is 1.45. The highest BCUT2D eigenvalue weighted by atomic mass is 16.5. The fourth-order valence-electron chi connectivity index (χ4n) is 9.40. The zero-order valence-corrected chi connectivity index (χ0v) is 21.5. The standard InChI is InChI=1S/C28H48O5/c1-16(7-6-8-17(2)26(32)33-5)20-9-10-21-25-22(15-24(31)28(20,21)4)27(3)12-11-19(29)13-18(27)14-23(25)30/h16-25,29-31H,6-15H2,1-5H3. The number of hydrogen-bond donors (Lipinski definition) is 3. The average molecular weight is 465 g/mol. The number of hydrogen-bond acceptors (Lipinski definition) is 5. The molecule has 33 heavy (non-hydrogen) atoms. The van der Waals surface area contributed by atoms with Gasteiger partial charge >= 0.3 is 5.97 Å². The zero-order valence-electron chi connectivity index (χ0n) is 21.5. The van der Waals surface area contributed by atoms with Crippen molar-refractivity contribution in [1.82, 2.24) is 0 Å². The number of fused-ring (bicyclic) bond motifs is 5. The van der Waals surface area contributed by atoms with Gasteiger partial charge in [-0.1, -0.05) is 40.5 Å². The maximum Gasteiger partial charge on any atom is 0.308 e. The highest BCUT2D eigenvalue weighted by molar-refractivity contribution is 5.71. The molecule has 190 valence electrons. The molecular weight excluding hydrogens is 416 g/mol. The van der Waals surface area contributed by atoms with Gasteiger partial charge in [-0.15, -0.1) is 0 Å². The van der Waals surface area contributed by atoms with Crippen LogP contribution in [0.1, 0.15) is 91.9 Å². The van der Waals surface area contributed by atoms with Crippen LogP contribution in [0.25, 0.3) is 0 Å². The molecule has 0 aromatic rings. The largest absolute Gasteiger partial charge is 0.469 e. The molecule has 4 aliphatic rings. The summed E-state index contributed by atoms with van der Waals surface area (Å²) in [5.74, 6) is 2.11. The molecule has 4 saturated carbocycles. The molecule has 0 bridgehead atoms. The number of carbonyl (C=O) groups excluding carboxylic acids is 1. The van der Waals surface area contributed by atoms with Crippen molar-refractivity contribution in [1.29, 1.82) is 0 Å². The predicted molar refractivity (Wildman–Crippen MR) is 128 cm³/mol. The van der Waals surface area contributed by atoms with Crippen LogP contribution in [-0.4, -0.2) is 46.7 Å². The van der Waals surface area contributed by atoms with Crippen LogP contribution in [-0.2, 0) is 9.53 Å². The minimum atomic E-state index is -0.331. The number of aliphatic hydroxyl groups is 3. The summed E-state index contributed by atoms with van der Waals surface area (Å²) in [6.45, 7) is 8.98. The molecule has 0 aromatic heterocycles. The van der Waals surface area contributed by atoms with Crippen molar-refractivity contribution in [2.75, 3.05) is 7.11 Å². The Balaban J connectivity index is 1.48. The first-order valence-electron chi connectivity index (χ1n) is 13.7. The van der Waals surface area contributed by atoms with Gasteiger partial charge in [0.25, 0.3) is 0 Å². The summed E-state index contributed by atoms with van der Waals surface area (Å²) in [5.41, 5.74) is -0.0218. The second-order valence-corrected chi connectivity index (χ2v) is 12.9. The van der Waals surface area contributed by atoms with Gasteiger partial charge in [0.2, 0.25) is 0 Å². The molecular formula is C28H48O5. The molecule has 4 rings (SSSR count). The van der Waals surface area contributed by atoms with Gasteiger partial charge in [0.15, 0.2) is 0 Å². The number of aliphatic hydroxyl groups excluding tert-OH is 3. The van der Waals surface area contributed by atoms with Gasteiger partial charge in [-0.3, -0.25) is 4.79 Å². The fraction of sp³-hybridized carbons (Fsp3) is 0.964. The van der Waals surface area contributed by atoms with E-state index >= 15 is 0 Å². The Labute approximate surface area is 200 Å². The highest BCUT2D eigenvalue weighted by Crippen LogP contribution is 2.68. The topological polar surface area (TPSA) is 87.0 Å². The quantitative estimate of drug-likeness (QED) is 0.502. The molecule has 0 spiro atoms. The van der Waals surface area contributed by atoms with E-state index in [0.717, 1.165) is 64.2 Å². The maximum absolute atomic E-state index is 11.7. The van der Waals surface area contributed by atoms with Gasteiger partial charge in [0, 0.05) is 0 Å². The third-order valence-corrected chi connectivity index (χ3v) is 11.4. The van der Waals surface area contributed by atoms with Crippen LogP contribution in [0.2, 0.25) is 0 Å². The molecule has 0 amide bonds. The van der Waals surface area contributed by atoms with Crippen LogP contribution >= 0.6 is 0 Å². The van der Waals surface area contributed by atoms with E-state index in [0.29, 0.717) is 29.6 Å². The molecule has 4 fully saturated rings. The molecule has 5 nitrogen and oxygen atoms in total. The third kappa shape index (κ3) is 4.18. The molecule has 5 heteroatoms. The molecule has 0 aliphatic heterocycles. The number of esters is 1. The lowest BCUT2D eigenvalue weighted by molar-refractivity contribution is -0.207. The van der Waals surface area contributed by atoms with Crippen molar-refractivity contribution in [3.05, 3.63) is 0 Å². The number of rotatable bonds is 6. The molecule has 0 heterocycles. The molecule has 0 aromatic carbocycles. The van der Waals surface area contributed by atoms with E-state index in [-0.39, 0.29) is 46.9 Å². The highest BCUT2D eigenvalue weighted by Gasteiger charge is 2.65. The Bertz CT molecular complexity index is 710. The lowest BCUT2D eigenvalue weighted by atomic mass is 9.43. The first kappa shape index (κ1) is 25.4. The summed E-state index contributed by atoms with van der Waals surface area (Å²) in [6.07, 6.45) is 8.54. The summed E-state index contributed by atoms with van der Waals surface area (Å²) in [4.78, 5) is 11.7. The summed E-state index contributed by atoms with van der Waals surface area (Å²) in [6, 6.07) is 0. The molecule has 12 unspecified atom stereocenters. The van der Waals surface area contributed by atoms with Gasteiger partial charge in [-0.2, -0.15) is 0 Å². The predicted octanol–water partition coefficient (Wildman–Crippen LogP) is 4.56. The second kappa shape index (κ2) is 9.43. The Kier molecular flexibility index (Phi) is 7.27. The first-order valence-corrected chi connectivity index (χ1v) is 13.7. The van der Waals surface area contributed by atoms with Crippen molar-refractivity contribution in [3.63, 3.8) is 0 Å². The Hall–Kier alpha value is -0.650. The van der Waals surface area contributed by atoms with E-state index < -0.39 is 0 Å². The van der Waals surface area contributed by atoms with Crippen LogP contribution in [0.5, 0.6) is 0 Å².